The van der Waals surface area contributed by atoms with Crippen molar-refractivity contribution < 1.29 is 33.5 Å². The van der Waals surface area contributed by atoms with Gasteiger partial charge in [-0.2, -0.15) is 4.89 Å². The van der Waals surface area contributed by atoms with Gasteiger partial charge in [0.05, 0.1) is 40.9 Å². The molecule has 0 amide bonds. The van der Waals surface area contributed by atoms with Gasteiger partial charge in [0.15, 0.2) is 0 Å². The van der Waals surface area contributed by atoms with Gasteiger partial charge in [0.1, 0.15) is 28.6 Å². The Morgan fingerprint density at radius 1 is 0.786 bits per heavy atom. The van der Waals surface area contributed by atoms with Crippen molar-refractivity contribution in [2.75, 3.05) is 35.5 Å². The van der Waals surface area contributed by atoms with Crippen LogP contribution in [0.4, 0.5) is 0 Å². The first kappa shape index (κ1) is 19.6. The van der Waals surface area contributed by atoms with Gasteiger partial charge >= 0.3 is 5.97 Å². The highest BCUT2D eigenvalue weighted by Crippen LogP contribution is 2.49. The molecule has 0 unspecified atom stereocenters. The van der Waals surface area contributed by atoms with Crippen molar-refractivity contribution in [3.8, 4) is 23.0 Å². The molecule has 0 aliphatic carbocycles. The average molecular weight is 386 g/mol. The number of hydrogen-bond donors (Lipinski definition) is 0. The summed E-state index contributed by atoms with van der Waals surface area (Å²) >= 11 is 0. The van der Waals surface area contributed by atoms with E-state index in [0.29, 0.717) is 33.9 Å². The topological polar surface area (TPSA) is 72.5 Å². The Hall–Kier alpha value is -3.19. The highest BCUT2D eigenvalue weighted by Gasteiger charge is 2.26. The van der Waals surface area contributed by atoms with Crippen molar-refractivity contribution in [2.24, 2.45) is 0 Å². The molecule has 0 saturated carbocycles. The highest BCUT2D eigenvalue weighted by molar-refractivity contribution is 6.16. The Labute approximate surface area is 162 Å². The molecule has 3 rings (SSSR count). The second-order valence-electron chi connectivity index (χ2n) is 5.99. The zero-order chi connectivity index (χ0) is 20.4. The molecule has 0 bridgehead atoms. The molecular weight excluding hydrogens is 364 g/mol. The van der Waals surface area contributed by atoms with E-state index >= 15 is 0 Å². The van der Waals surface area contributed by atoms with E-state index in [1.54, 1.807) is 34.3 Å². The molecule has 0 radical (unpaired) electrons. The SMILES string of the molecule is COOC(=O)c1c(OC)cc2c(OC)c3cccc(OC)c3c(OC)c2c1C. The minimum Gasteiger partial charge on any atom is -0.496 e. The first-order valence-electron chi connectivity index (χ1n) is 8.50. The molecule has 0 fully saturated rings. The maximum Gasteiger partial charge on any atom is 0.377 e. The maximum atomic E-state index is 12.5. The number of carbonyl (C=O) groups excluding carboxylic acids is 1. The third-order valence-corrected chi connectivity index (χ3v) is 4.72. The van der Waals surface area contributed by atoms with Crippen LogP contribution in [0.1, 0.15) is 15.9 Å². The summed E-state index contributed by atoms with van der Waals surface area (Å²) in [6.07, 6.45) is 0. The third kappa shape index (κ3) is 2.84. The monoisotopic (exact) mass is 386 g/mol. The Morgan fingerprint density at radius 3 is 2.04 bits per heavy atom. The van der Waals surface area contributed by atoms with Crippen LogP contribution in [-0.4, -0.2) is 41.5 Å². The number of aryl methyl sites for hydroxylation is 1. The quantitative estimate of drug-likeness (QED) is 0.359. The molecule has 0 saturated heterocycles. The third-order valence-electron chi connectivity index (χ3n) is 4.72. The van der Waals surface area contributed by atoms with E-state index < -0.39 is 5.97 Å². The second kappa shape index (κ2) is 7.82. The summed E-state index contributed by atoms with van der Waals surface area (Å²) < 4.78 is 22.5. The molecule has 0 aromatic heterocycles. The first-order valence-corrected chi connectivity index (χ1v) is 8.50. The fourth-order valence-corrected chi connectivity index (χ4v) is 3.61. The molecule has 0 aliphatic rings. The zero-order valence-electron chi connectivity index (χ0n) is 16.7. The smallest absolute Gasteiger partial charge is 0.377 e. The Bertz CT molecular complexity index is 1060. The van der Waals surface area contributed by atoms with Gasteiger partial charge in [0, 0.05) is 16.2 Å². The van der Waals surface area contributed by atoms with Crippen LogP contribution < -0.4 is 18.9 Å². The van der Waals surface area contributed by atoms with Crippen molar-refractivity contribution >= 4 is 27.5 Å². The molecule has 0 spiro atoms. The Morgan fingerprint density at radius 2 is 1.46 bits per heavy atom. The average Bonchev–Trinajstić information content (AvgIpc) is 2.71. The summed E-state index contributed by atoms with van der Waals surface area (Å²) in [6.45, 7) is 1.79. The van der Waals surface area contributed by atoms with Crippen molar-refractivity contribution in [3.63, 3.8) is 0 Å². The van der Waals surface area contributed by atoms with Crippen molar-refractivity contribution in [1.82, 2.24) is 0 Å². The van der Waals surface area contributed by atoms with Crippen molar-refractivity contribution in [3.05, 3.63) is 35.4 Å². The predicted molar refractivity (Wildman–Crippen MR) is 105 cm³/mol. The van der Waals surface area contributed by atoms with Crippen LogP contribution in [-0.2, 0) is 9.78 Å². The molecule has 0 atom stereocenters. The van der Waals surface area contributed by atoms with E-state index in [2.05, 4.69) is 4.89 Å². The summed E-state index contributed by atoms with van der Waals surface area (Å²) in [5.41, 5.74) is 0.853. The van der Waals surface area contributed by atoms with Crippen LogP contribution in [0.5, 0.6) is 23.0 Å². The van der Waals surface area contributed by atoms with E-state index in [1.807, 2.05) is 18.2 Å². The molecule has 0 N–H and O–H groups in total. The number of hydrogen-bond acceptors (Lipinski definition) is 7. The summed E-state index contributed by atoms with van der Waals surface area (Å²) in [4.78, 5) is 21.8. The van der Waals surface area contributed by atoms with Crippen molar-refractivity contribution in [2.45, 2.75) is 6.92 Å². The number of fused-ring (bicyclic) bond motifs is 2. The standard InChI is InChI=1S/C21H22O7/c1-11-16-13(10-15(24-3)17(11)21(22)28-27-6)19(25-4)12-8-7-9-14(23-2)18(12)20(16)26-5/h7-10H,1-6H3. The van der Waals surface area contributed by atoms with Crippen LogP contribution in [0.2, 0.25) is 0 Å². The van der Waals surface area contributed by atoms with Crippen LogP contribution in [0.15, 0.2) is 24.3 Å². The molecule has 7 heteroatoms. The summed E-state index contributed by atoms with van der Waals surface area (Å²) in [7, 11) is 7.51. The first-order chi connectivity index (χ1) is 13.5. The fourth-order valence-electron chi connectivity index (χ4n) is 3.61. The van der Waals surface area contributed by atoms with Crippen LogP contribution in [0, 0.1) is 6.92 Å². The molecule has 28 heavy (non-hydrogen) atoms. The van der Waals surface area contributed by atoms with E-state index in [9.17, 15) is 4.79 Å². The van der Waals surface area contributed by atoms with E-state index in [0.717, 1.165) is 16.2 Å². The lowest BCUT2D eigenvalue weighted by Gasteiger charge is -2.20. The number of ether oxygens (including phenoxy) is 4. The van der Waals surface area contributed by atoms with E-state index in [4.69, 9.17) is 23.8 Å². The Kier molecular flexibility index (Phi) is 5.46. The molecule has 148 valence electrons. The lowest BCUT2D eigenvalue weighted by Crippen LogP contribution is -2.09. The number of carbonyl (C=O) groups is 1. The van der Waals surface area contributed by atoms with Gasteiger partial charge in [0.2, 0.25) is 0 Å². The minimum absolute atomic E-state index is 0.242. The lowest BCUT2D eigenvalue weighted by molar-refractivity contribution is -0.216. The molecule has 3 aromatic carbocycles. The highest BCUT2D eigenvalue weighted by atomic mass is 17.2. The Balaban J connectivity index is 2.60. The van der Waals surface area contributed by atoms with E-state index in [-0.39, 0.29) is 5.56 Å². The minimum atomic E-state index is -0.667. The fraction of sp³-hybridized carbons (Fsp3) is 0.286. The van der Waals surface area contributed by atoms with Gasteiger partial charge in [-0.25, -0.2) is 4.79 Å². The summed E-state index contributed by atoms with van der Waals surface area (Å²) in [5.74, 6) is 1.49. The predicted octanol–water partition coefficient (Wildman–Crippen LogP) is 4.05. The number of benzene rings is 3. The molecule has 7 nitrogen and oxygen atoms in total. The normalized spacial score (nSPS) is 10.8. The summed E-state index contributed by atoms with van der Waals surface area (Å²) in [6, 6.07) is 7.38. The van der Waals surface area contributed by atoms with Crippen LogP contribution in [0.3, 0.4) is 0 Å². The summed E-state index contributed by atoms with van der Waals surface area (Å²) in [5, 5.41) is 3.00. The van der Waals surface area contributed by atoms with E-state index in [1.165, 1.54) is 14.2 Å². The van der Waals surface area contributed by atoms with Crippen molar-refractivity contribution in [1.29, 1.82) is 0 Å². The maximum absolute atomic E-state index is 12.5. The van der Waals surface area contributed by atoms with Gasteiger partial charge in [-0.3, -0.25) is 4.89 Å². The number of methoxy groups -OCH3 is 4. The zero-order valence-corrected chi connectivity index (χ0v) is 16.7. The molecule has 0 aliphatic heterocycles. The molecule has 3 aromatic rings. The van der Waals surface area contributed by atoms with Gasteiger partial charge in [0.25, 0.3) is 0 Å². The molecule has 0 heterocycles. The van der Waals surface area contributed by atoms with Gasteiger partial charge in [-0.1, -0.05) is 12.1 Å². The van der Waals surface area contributed by atoms with Gasteiger partial charge in [-0.05, 0) is 24.6 Å². The van der Waals surface area contributed by atoms with Crippen LogP contribution >= 0.6 is 0 Å². The second-order valence-corrected chi connectivity index (χ2v) is 5.99. The number of rotatable bonds is 6. The lowest BCUT2D eigenvalue weighted by atomic mass is 9.93. The largest absolute Gasteiger partial charge is 0.496 e. The van der Waals surface area contributed by atoms with Crippen LogP contribution in [0.25, 0.3) is 21.5 Å². The van der Waals surface area contributed by atoms with Gasteiger partial charge < -0.3 is 18.9 Å². The molecular formula is C21H22O7. The van der Waals surface area contributed by atoms with Gasteiger partial charge in [-0.15, -0.1) is 0 Å².